The Kier molecular flexibility index (Phi) is 5.35. The van der Waals surface area contributed by atoms with E-state index in [4.69, 9.17) is 0 Å². The van der Waals surface area contributed by atoms with Crippen LogP contribution < -0.4 is 5.32 Å². The molecule has 2 aromatic rings. The van der Waals surface area contributed by atoms with E-state index >= 15 is 0 Å². The van der Waals surface area contributed by atoms with Crippen LogP contribution in [0.2, 0.25) is 0 Å². The number of thioether (sulfide) groups is 1. The first-order valence-electron chi connectivity index (χ1n) is 5.68. The van der Waals surface area contributed by atoms with Crippen molar-refractivity contribution in [3.63, 3.8) is 0 Å². The summed E-state index contributed by atoms with van der Waals surface area (Å²) in [6.07, 6.45) is 0.329. The Morgan fingerprint density at radius 1 is 1.47 bits per heavy atom. The third kappa shape index (κ3) is 4.59. The Balaban J connectivity index is 1.93. The minimum Gasteiger partial charge on any atom is -0.300 e. The SMILES string of the molecule is CCSc1nnc(NC(=O)Cc2cccc(Br)c2)s1. The second-order valence-electron chi connectivity index (χ2n) is 3.66. The van der Waals surface area contributed by atoms with Crippen molar-refractivity contribution in [1.29, 1.82) is 0 Å². The van der Waals surface area contributed by atoms with Crippen LogP contribution in [0.15, 0.2) is 33.1 Å². The number of rotatable bonds is 5. The maximum Gasteiger partial charge on any atom is 0.230 e. The average molecular weight is 358 g/mol. The number of carbonyl (C=O) groups is 1. The first-order chi connectivity index (χ1) is 9.17. The van der Waals surface area contributed by atoms with Crippen LogP contribution in [0.5, 0.6) is 0 Å². The molecule has 1 N–H and O–H groups in total. The van der Waals surface area contributed by atoms with Gasteiger partial charge >= 0.3 is 0 Å². The maximum atomic E-state index is 11.9. The van der Waals surface area contributed by atoms with Crippen LogP contribution in [-0.2, 0) is 11.2 Å². The lowest BCUT2D eigenvalue weighted by atomic mass is 10.1. The molecule has 4 nitrogen and oxygen atoms in total. The lowest BCUT2D eigenvalue weighted by Crippen LogP contribution is -2.14. The molecule has 1 aromatic heterocycles. The fraction of sp³-hybridized carbons (Fsp3) is 0.250. The first kappa shape index (κ1) is 14.5. The molecule has 0 aliphatic carbocycles. The van der Waals surface area contributed by atoms with Gasteiger partial charge in [0.15, 0.2) is 4.34 Å². The van der Waals surface area contributed by atoms with Crippen LogP contribution in [-0.4, -0.2) is 21.9 Å². The molecule has 0 unspecified atom stereocenters. The number of hydrogen-bond donors (Lipinski definition) is 1. The molecule has 0 saturated heterocycles. The molecule has 2 rings (SSSR count). The van der Waals surface area contributed by atoms with Crippen LogP contribution in [0.1, 0.15) is 12.5 Å². The second kappa shape index (κ2) is 7.02. The van der Waals surface area contributed by atoms with Crippen LogP contribution >= 0.6 is 39.0 Å². The van der Waals surface area contributed by atoms with Crippen LogP contribution in [0, 0.1) is 0 Å². The summed E-state index contributed by atoms with van der Waals surface area (Å²) < 4.78 is 1.84. The highest BCUT2D eigenvalue weighted by Gasteiger charge is 2.09. The molecule has 0 atom stereocenters. The Morgan fingerprint density at radius 3 is 3.05 bits per heavy atom. The minimum absolute atomic E-state index is 0.0812. The van der Waals surface area contributed by atoms with E-state index in [2.05, 4.69) is 38.4 Å². The topological polar surface area (TPSA) is 54.9 Å². The van der Waals surface area contributed by atoms with E-state index < -0.39 is 0 Å². The van der Waals surface area contributed by atoms with Crippen molar-refractivity contribution in [2.45, 2.75) is 17.7 Å². The van der Waals surface area contributed by atoms with Crippen molar-refractivity contribution in [1.82, 2.24) is 10.2 Å². The third-order valence-corrected chi connectivity index (χ3v) is 4.52. The molecule has 0 bridgehead atoms. The maximum absolute atomic E-state index is 11.9. The van der Waals surface area contributed by atoms with Gasteiger partial charge in [0, 0.05) is 4.47 Å². The van der Waals surface area contributed by atoms with Gasteiger partial charge in [0.1, 0.15) is 0 Å². The predicted molar refractivity (Wildman–Crippen MR) is 82.8 cm³/mol. The van der Waals surface area contributed by atoms with Gasteiger partial charge in [-0.05, 0) is 23.4 Å². The minimum atomic E-state index is -0.0812. The highest BCUT2D eigenvalue weighted by molar-refractivity contribution is 9.10. The Bertz CT molecular complexity index is 574. The molecule has 0 saturated carbocycles. The van der Waals surface area contributed by atoms with Crippen molar-refractivity contribution in [2.24, 2.45) is 0 Å². The van der Waals surface area contributed by atoms with Gasteiger partial charge in [0.25, 0.3) is 0 Å². The number of nitrogens with one attached hydrogen (secondary N) is 1. The molecule has 0 radical (unpaired) electrons. The summed E-state index contributed by atoms with van der Waals surface area (Å²) in [4.78, 5) is 11.9. The van der Waals surface area contributed by atoms with E-state index in [1.807, 2.05) is 24.3 Å². The monoisotopic (exact) mass is 357 g/mol. The molecule has 1 amide bonds. The number of halogens is 1. The van der Waals surface area contributed by atoms with Crippen molar-refractivity contribution < 1.29 is 4.79 Å². The normalized spacial score (nSPS) is 10.4. The summed E-state index contributed by atoms with van der Waals surface area (Å²) in [7, 11) is 0. The van der Waals surface area contributed by atoms with Crippen molar-refractivity contribution in [3.05, 3.63) is 34.3 Å². The van der Waals surface area contributed by atoms with Gasteiger partial charge in [-0.15, -0.1) is 10.2 Å². The van der Waals surface area contributed by atoms with Gasteiger partial charge in [-0.3, -0.25) is 4.79 Å². The highest BCUT2D eigenvalue weighted by Crippen LogP contribution is 2.25. The molecule has 1 aromatic carbocycles. The molecule has 19 heavy (non-hydrogen) atoms. The molecular weight excluding hydrogens is 346 g/mol. The van der Waals surface area contributed by atoms with E-state index in [9.17, 15) is 4.79 Å². The zero-order valence-electron chi connectivity index (χ0n) is 10.2. The standard InChI is InChI=1S/C12H12BrN3OS2/c1-2-18-12-16-15-11(19-12)14-10(17)7-8-4-3-5-9(13)6-8/h3-6H,2,7H2,1H3,(H,14,15,17). The van der Waals surface area contributed by atoms with E-state index in [-0.39, 0.29) is 5.91 Å². The summed E-state index contributed by atoms with van der Waals surface area (Å²) in [6.45, 7) is 2.05. The van der Waals surface area contributed by atoms with Crippen LogP contribution in [0.4, 0.5) is 5.13 Å². The van der Waals surface area contributed by atoms with Crippen LogP contribution in [0.25, 0.3) is 0 Å². The number of benzene rings is 1. The number of amides is 1. The lowest BCUT2D eigenvalue weighted by Gasteiger charge is -2.01. The molecule has 1 heterocycles. The number of hydrogen-bond acceptors (Lipinski definition) is 5. The fourth-order valence-corrected chi connectivity index (χ4v) is 3.55. The lowest BCUT2D eigenvalue weighted by molar-refractivity contribution is -0.115. The number of anilines is 1. The van der Waals surface area contributed by atoms with Gasteiger partial charge in [0.2, 0.25) is 11.0 Å². The smallest absolute Gasteiger partial charge is 0.230 e. The van der Waals surface area contributed by atoms with Crippen molar-refractivity contribution in [3.8, 4) is 0 Å². The highest BCUT2D eigenvalue weighted by atomic mass is 79.9. The van der Waals surface area contributed by atoms with Crippen LogP contribution in [0.3, 0.4) is 0 Å². The quantitative estimate of drug-likeness (QED) is 0.656. The van der Waals surface area contributed by atoms with Gasteiger partial charge in [-0.1, -0.05) is 58.1 Å². The van der Waals surface area contributed by atoms with Gasteiger partial charge in [-0.25, -0.2) is 0 Å². The molecule has 7 heteroatoms. The Hall–Kier alpha value is -0.920. The van der Waals surface area contributed by atoms with Crippen molar-refractivity contribution >= 4 is 50.1 Å². The molecule has 0 aliphatic rings. The third-order valence-electron chi connectivity index (χ3n) is 2.17. The second-order valence-corrected chi connectivity index (χ2v) is 7.07. The number of nitrogens with zero attached hydrogens (tertiary/aromatic N) is 2. The predicted octanol–water partition coefficient (Wildman–Crippen LogP) is 3.59. The summed E-state index contributed by atoms with van der Waals surface area (Å²) >= 11 is 6.40. The Labute approximate surface area is 128 Å². The van der Waals surface area contributed by atoms with Gasteiger partial charge in [0.05, 0.1) is 6.42 Å². The van der Waals surface area contributed by atoms with Gasteiger partial charge < -0.3 is 5.32 Å². The molecule has 0 fully saturated rings. The zero-order chi connectivity index (χ0) is 13.7. The molecular formula is C12H12BrN3OS2. The average Bonchev–Trinajstić information content (AvgIpc) is 2.77. The number of carbonyl (C=O) groups excluding carboxylic acids is 1. The first-order valence-corrected chi connectivity index (χ1v) is 8.27. The molecule has 100 valence electrons. The number of aromatic nitrogens is 2. The Morgan fingerprint density at radius 2 is 2.32 bits per heavy atom. The van der Waals surface area contributed by atoms with E-state index in [0.29, 0.717) is 11.6 Å². The fourth-order valence-electron chi connectivity index (χ4n) is 1.44. The van der Waals surface area contributed by atoms with Crippen molar-refractivity contribution in [2.75, 3.05) is 11.1 Å². The van der Waals surface area contributed by atoms with E-state index in [0.717, 1.165) is 20.1 Å². The molecule has 0 spiro atoms. The summed E-state index contributed by atoms with van der Waals surface area (Å²) in [5.74, 6) is 0.864. The van der Waals surface area contributed by atoms with E-state index in [1.165, 1.54) is 11.3 Å². The summed E-state index contributed by atoms with van der Waals surface area (Å²) in [5.41, 5.74) is 0.958. The van der Waals surface area contributed by atoms with Gasteiger partial charge in [-0.2, -0.15) is 0 Å². The summed E-state index contributed by atoms with van der Waals surface area (Å²) in [5, 5.41) is 11.2. The van der Waals surface area contributed by atoms with E-state index in [1.54, 1.807) is 11.8 Å². The largest absolute Gasteiger partial charge is 0.300 e. The summed E-state index contributed by atoms with van der Waals surface area (Å²) in [6, 6.07) is 7.69. The zero-order valence-corrected chi connectivity index (χ0v) is 13.4. The molecule has 0 aliphatic heterocycles.